The maximum Gasteiger partial charge on any atom is 0.319 e. The molecule has 0 radical (unpaired) electrons. The van der Waals surface area contributed by atoms with Crippen LogP contribution in [-0.2, 0) is 0 Å². The minimum absolute atomic E-state index is 0. The van der Waals surface area contributed by atoms with Gasteiger partial charge in [0.05, 0.1) is 6.10 Å². The van der Waals surface area contributed by atoms with Gasteiger partial charge in [0.25, 0.3) is 0 Å². The molecule has 0 aromatic heterocycles. The number of urea groups is 1. The van der Waals surface area contributed by atoms with Gasteiger partial charge >= 0.3 is 6.03 Å². The molecule has 1 aliphatic heterocycles. The Labute approximate surface area is 119 Å². The molecular weight excluding hydrogens is 266 g/mol. The number of piperidine rings is 1. The molecule has 1 heterocycles. The normalized spacial score (nSPS) is 22.2. The standard InChI is InChI=1S/C13H19N3O2.ClH/c17-12-9-14-7-6-10(12)8-15-13(18)16-11-4-2-1-3-5-11;/h1-5,10,12,14,17H,6-9H2,(H2,15,16,18);1H/t10-,12+;/m0./s1. The summed E-state index contributed by atoms with van der Waals surface area (Å²) >= 11 is 0. The van der Waals surface area contributed by atoms with Crippen molar-refractivity contribution in [3.8, 4) is 0 Å². The maximum absolute atomic E-state index is 11.6. The largest absolute Gasteiger partial charge is 0.391 e. The number of carbonyl (C=O) groups excluding carboxylic acids is 1. The lowest BCUT2D eigenvalue weighted by atomic mass is 9.95. The van der Waals surface area contributed by atoms with E-state index in [0.29, 0.717) is 13.1 Å². The van der Waals surface area contributed by atoms with E-state index in [0.717, 1.165) is 18.7 Å². The number of nitrogens with one attached hydrogen (secondary N) is 3. The molecule has 2 amide bonds. The summed E-state index contributed by atoms with van der Waals surface area (Å²) in [4.78, 5) is 11.6. The van der Waals surface area contributed by atoms with Crippen LogP contribution in [0.1, 0.15) is 6.42 Å². The van der Waals surface area contributed by atoms with Crippen LogP contribution < -0.4 is 16.0 Å². The van der Waals surface area contributed by atoms with Crippen molar-refractivity contribution in [3.63, 3.8) is 0 Å². The van der Waals surface area contributed by atoms with Crippen molar-refractivity contribution < 1.29 is 9.90 Å². The molecule has 1 aromatic carbocycles. The fourth-order valence-corrected chi connectivity index (χ4v) is 2.06. The summed E-state index contributed by atoms with van der Waals surface area (Å²) in [5.41, 5.74) is 0.765. The van der Waals surface area contributed by atoms with E-state index in [4.69, 9.17) is 0 Å². The molecule has 6 heteroatoms. The lowest BCUT2D eigenvalue weighted by Gasteiger charge is -2.28. The summed E-state index contributed by atoms with van der Waals surface area (Å²) in [7, 11) is 0. The van der Waals surface area contributed by atoms with E-state index in [1.54, 1.807) is 0 Å². The average molecular weight is 286 g/mol. The van der Waals surface area contributed by atoms with Gasteiger partial charge in [-0.15, -0.1) is 12.4 Å². The van der Waals surface area contributed by atoms with Gasteiger partial charge in [0.1, 0.15) is 0 Å². The molecule has 1 saturated heterocycles. The number of anilines is 1. The van der Waals surface area contributed by atoms with Crippen molar-refractivity contribution >= 4 is 24.1 Å². The van der Waals surface area contributed by atoms with Gasteiger partial charge in [-0.3, -0.25) is 0 Å². The van der Waals surface area contributed by atoms with E-state index in [2.05, 4.69) is 16.0 Å². The Morgan fingerprint density at radius 1 is 1.37 bits per heavy atom. The Bertz CT molecular complexity index is 389. The van der Waals surface area contributed by atoms with Crippen LogP contribution in [0.25, 0.3) is 0 Å². The van der Waals surface area contributed by atoms with Crippen LogP contribution >= 0.6 is 12.4 Å². The summed E-state index contributed by atoms with van der Waals surface area (Å²) in [6.07, 6.45) is 0.503. The first kappa shape index (κ1) is 15.8. The second kappa shape index (κ2) is 7.99. The summed E-state index contributed by atoms with van der Waals surface area (Å²) < 4.78 is 0. The van der Waals surface area contributed by atoms with Crippen LogP contribution in [0.3, 0.4) is 0 Å². The number of halogens is 1. The molecule has 1 aliphatic rings. The number of β-amino-alcohol motifs (C(OH)–C–C–N with tert-alkyl or cyclic N) is 1. The zero-order valence-corrected chi connectivity index (χ0v) is 11.5. The van der Waals surface area contributed by atoms with E-state index in [9.17, 15) is 9.90 Å². The molecule has 1 aromatic rings. The second-order valence-electron chi connectivity index (χ2n) is 4.52. The minimum atomic E-state index is -0.379. The third-order valence-corrected chi connectivity index (χ3v) is 3.15. The quantitative estimate of drug-likeness (QED) is 0.674. The zero-order chi connectivity index (χ0) is 12.8. The maximum atomic E-state index is 11.6. The smallest absolute Gasteiger partial charge is 0.319 e. The van der Waals surface area contributed by atoms with Gasteiger partial charge in [0.15, 0.2) is 0 Å². The van der Waals surface area contributed by atoms with Crippen molar-refractivity contribution in [2.75, 3.05) is 25.0 Å². The third-order valence-electron chi connectivity index (χ3n) is 3.15. The summed E-state index contributed by atoms with van der Waals surface area (Å²) in [5.74, 6) is 0.132. The van der Waals surface area contributed by atoms with Crippen molar-refractivity contribution in [3.05, 3.63) is 30.3 Å². The number of hydrogen-bond acceptors (Lipinski definition) is 3. The Morgan fingerprint density at radius 3 is 2.79 bits per heavy atom. The predicted octanol–water partition coefficient (Wildman–Crippen LogP) is 1.20. The number of amides is 2. The Kier molecular flexibility index (Phi) is 6.62. The molecule has 106 valence electrons. The number of hydrogen-bond donors (Lipinski definition) is 4. The Balaban J connectivity index is 0.00000180. The van der Waals surface area contributed by atoms with E-state index in [-0.39, 0.29) is 30.5 Å². The highest BCUT2D eigenvalue weighted by Crippen LogP contribution is 2.11. The van der Waals surface area contributed by atoms with Crippen molar-refractivity contribution in [1.82, 2.24) is 10.6 Å². The van der Waals surface area contributed by atoms with Crippen LogP contribution in [-0.4, -0.2) is 36.9 Å². The number of carbonyl (C=O) groups is 1. The van der Waals surface area contributed by atoms with Crippen molar-refractivity contribution in [2.45, 2.75) is 12.5 Å². The Hall–Kier alpha value is -1.30. The van der Waals surface area contributed by atoms with Gasteiger partial charge in [-0.2, -0.15) is 0 Å². The van der Waals surface area contributed by atoms with Crippen LogP contribution in [0, 0.1) is 5.92 Å². The van der Waals surface area contributed by atoms with E-state index in [1.807, 2.05) is 30.3 Å². The van der Waals surface area contributed by atoms with Crippen LogP contribution in [0.2, 0.25) is 0 Å². The number of aliphatic hydroxyl groups is 1. The minimum Gasteiger partial charge on any atom is -0.391 e. The van der Waals surface area contributed by atoms with Crippen molar-refractivity contribution in [2.24, 2.45) is 5.92 Å². The van der Waals surface area contributed by atoms with E-state index in [1.165, 1.54) is 0 Å². The van der Waals surface area contributed by atoms with Gasteiger partial charge < -0.3 is 21.1 Å². The van der Waals surface area contributed by atoms with Crippen LogP contribution in [0.15, 0.2) is 30.3 Å². The lowest BCUT2D eigenvalue weighted by molar-refractivity contribution is 0.0830. The highest BCUT2D eigenvalue weighted by atomic mass is 35.5. The monoisotopic (exact) mass is 285 g/mol. The van der Waals surface area contributed by atoms with Gasteiger partial charge in [0.2, 0.25) is 0 Å². The molecule has 1 fully saturated rings. The Morgan fingerprint density at radius 2 is 2.11 bits per heavy atom. The van der Waals surface area contributed by atoms with E-state index < -0.39 is 0 Å². The fraction of sp³-hybridized carbons (Fsp3) is 0.462. The van der Waals surface area contributed by atoms with Crippen LogP contribution in [0.4, 0.5) is 10.5 Å². The molecule has 0 spiro atoms. The van der Waals surface area contributed by atoms with Gasteiger partial charge in [0, 0.05) is 24.7 Å². The topological polar surface area (TPSA) is 73.4 Å². The number of para-hydroxylation sites is 1. The molecule has 2 atom stereocenters. The molecule has 4 N–H and O–H groups in total. The number of aliphatic hydroxyl groups excluding tert-OH is 1. The first-order valence-electron chi connectivity index (χ1n) is 6.24. The SMILES string of the molecule is Cl.O=C(NC[C@@H]1CCNC[C@H]1O)Nc1ccccc1. The molecule has 0 unspecified atom stereocenters. The number of rotatable bonds is 3. The molecule has 0 aliphatic carbocycles. The lowest BCUT2D eigenvalue weighted by Crippen LogP contribution is -2.46. The molecule has 0 saturated carbocycles. The van der Waals surface area contributed by atoms with Gasteiger partial charge in [-0.05, 0) is 25.1 Å². The van der Waals surface area contributed by atoms with Crippen LogP contribution in [0.5, 0.6) is 0 Å². The molecule has 0 bridgehead atoms. The molecule has 5 nitrogen and oxygen atoms in total. The second-order valence-corrected chi connectivity index (χ2v) is 4.52. The number of benzene rings is 1. The highest BCUT2D eigenvalue weighted by molar-refractivity contribution is 5.89. The fourth-order valence-electron chi connectivity index (χ4n) is 2.06. The zero-order valence-electron chi connectivity index (χ0n) is 10.6. The van der Waals surface area contributed by atoms with Gasteiger partial charge in [-0.1, -0.05) is 18.2 Å². The summed E-state index contributed by atoms with van der Waals surface area (Å²) in [6.45, 7) is 2.00. The first-order chi connectivity index (χ1) is 8.75. The van der Waals surface area contributed by atoms with E-state index >= 15 is 0 Å². The molecule has 19 heavy (non-hydrogen) atoms. The van der Waals surface area contributed by atoms with Crippen molar-refractivity contribution in [1.29, 1.82) is 0 Å². The summed E-state index contributed by atoms with van der Waals surface area (Å²) in [5, 5.41) is 18.4. The predicted molar refractivity (Wildman–Crippen MR) is 77.7 cm³/mol. The average Bonchev–Trinajstić information content (AvgIpc) is 2.39. The highest BCUT2D eigenvalue weighted by Gasteiger charge is 2.22. The third kappa shape index (κ3) is 5.06. The molecule has 2 rings (SSSR count). The summed E-state index contributed by atoms with van der Waals surface area (Å²) in [6, 6.07) is 9.07. The van der Waals surface area contributed by atoms with Gasteiger partial charge in [-0.25, -0.2) is 4.79 Å². The molecular formula is C13H20ClN3O2. The first-order valence-corrected chi connectivity index (χ1v) is 6.24.